The Balaban J connectivity index is 2.19. The maximum absolute atomic E-state index is 13.1. The van der Waals surface area contributed by atoms with Crippen LogP contribution in [-0.2, 0) is 14.3 Å². The smallest absolute Gasteiger partial charge is 0.332 e. The summed E-state index contributed by atoms with van der Waals surface area (Å²) in [5.41, 5.74) is -1.10. The van der Waals surface area contributed by atoms with Gasteiger partial charge in [-0.3, -0.25) is 4.79 Å². The largest absolute Gasteiger partial charge is 0.460 e. The molecule has 3 aliphatic carbocycles. The number of rotatable bonds is 3. The highest BCUT2D eigenvalue weighted by Gasteiger charge is 2.68. The van der Waals surface area contributed by atoms with Gasteiger partial charge in [-0.25, -0.2) is 4.79 Å². The van der Waals surface area contributed by atoms with E-state index in [1.165, 1.54) is 0 Å². The van der Waals surface area contributed by atoms with Gasteiger partial charge in [0.25, 0.3) is 0 Å². The van der Waals surface area contributed by atoms with Gasteiger partial charge in [-0.2, -0.15) is 0 Å². The second-order valence-corrected chi connectivity index (χ2v) is 10.0. The molecular formula is C22H36O5. The van der Waals surface area contributed by atoms with Crippen molar-refractivity contribution in [2.45, 2.75) is 85.4 Å². The summed E-state index contributed by atoms with van der Waals surface area (Å²) in [5.74, 6) is -0.320. The Hall–Kier alpha value is -0.940. The second kappa shape index (κ2) is 6.84. The molecule has 0 heterocycles. The highest BCUT2D eigenvalue weighted by molar-refractivity contribution is 5.85. The summed E-state index contributed by atoms with van der Waals surface area (Å²) in [6.45, 7) is 9.90. The van der Waals surface area contributed by atoms with Crippen LogP contribution in [0.4, 0.5) is 0 Å². The van der Waals surface area contributed by atoms with E-state index in [4.69, 9.17) is 4.74 Å². The highest BCUT2D eigenvalue weighted by Crippen LogP contribution is 2.68. The molecule has 0 spiro atoms. The van der Waals surface area contributed by atoms with Crippen molar-refractivity contribution in [3.8, 4) is 0 Å². The standard InChI is InChI=1S/C22H36O5/c1-6-20(4)11-16(27-17(25)12-23)21(5)13(2)7-9-22(14(3)19(20)26)10-8-15(24)18(21)22/h13-14,16,18-19,23,26H,6-12H2,1-5H3/t13-,14+,16+,18+,19+,20+,21+,22+/m1/s1. The Kier molecular flexibility index (Phi) is 5.26. The highest BCUT2D eigenvalue weighted by atomic mass is 16.6. The lowest BCUT2D eigenvalue weighted by molar-refractivity contribution is -0.213. The average Bonchev–Trinajstić information content (AvgIpc) is 3.00. The van der Waals surface area contributed by atoms with Crippen molar-refractivity contribution in [3.05, 3.63) is 0 Å². The van der Waals surface area contributed by atoms with E-state index < -0.39 is 35.6 Å². The lowest BCUT2D eigenvalue weighted by atomic mass is 9.43. The van der Waals surface area contributed by atoms with E-state index in [1.807, 2.05) is 0 Å². The first-order valence-electron chi connectivity index (χ1n) is 10.6. The molecule has 0 aliphatic heterocycles. The van der Waals surface area contributed by atoms with Crippen LogP contribution in [0.2, 0.25) is 0 Å². The number of hydrogen-bond acceptors (Lipinski definition) is 5. The molecule has 5 heteroatoms. The van der Waals surface area contributed by atoms with Crippen molar-refractivity contribution >= 4 is 11.8 Å². The molecule has 0 radical (unpaired) electrons. The summed E-state index contributed by atoms with van der Waals surface area (Å²) in [5, 5.41) is 20.7. The molecule has 8 atom stereocenters. The third-order valence-electron chi connectivity index (χ3n) is 9.11. The predicted octanol–water partition coefficient (Wildman–Crippen LogP) is 3.11. The van der Waals surface area contributed by atoms with Crippen LogP contribution in [0.3, 0.4) is 0 Å². The minimum Gasteiger partial charge on any atom is -0.460 e. The monoisotopic (exact) mass is 380 g/mol. The Morgan fingerprint density at radius 3 is 2.52 bits per heavy atom. The second-order valence-electron chi connectivity index (χ2n) is 10.0. The van der Waals surface area contributed by atoms with Crippen molar-refractivity contribution in [2.24, 2.45) is 34.0 Å². The van der Waals surface area contributed by atoms with Gasteiger partial charge in [0.1, 0.15) is 18.5 Å². The molecule has 3 fully saturated rings. The van der Waals surface area contributed by atoms with Crippen molar-refractivity contribution in [2.75, 3.05) is 6.61 Å². The van der Waals surface area contributed by atoms with Crippen molar-refractivity contribution in [3.63, 3.8) is 0 Å². The van der Waals surface area contributed by atoms with Gasteiger partial charge < -0.3 is 14.9 Å². The molecule has 2 bridgehead atoms. The fourth-order valence-corrected chi connectivity index (χ4v) is 6.90. The van der Waals surface area contributed by atoms with Crippen LogP contribution in [0.1, 0.15) is 73.1 Å². The number of carbonyl (C=O) groups is 2. The normalized spacial score (nSPS) is 49.9. The van der Waals surface area contributed by atoms with E-state index in [9.17, 15) is 19.8 Å². The fourth-order valence-electron chi connectivity index (χ4n) is 6.90. The van der Waals surface area contributed by atoms with Crippen molar-refractivity contribution in [1.29, 1.82) is 0 Å². The third kappa shape index (κ3) is 2.79. The number of esters is 1. The van der Waals surface area contributed by atoms with E-state index in [1.54, 1.807) is 0 Å². The van der Waals surface area contributed by atoms with Crippen molar-refractivity contribution in [1.82, 2.24) is 0 Å². The number of aliphatic hydroxyl groups excluding tert-OH is 2. The van der Waals surface area contributed by atoms with E-state index >= 15 is 0 Å². The Labute approximate surface area is 162 Å². The van der Waals surface area contributed by atoms with Crippen LogP contribution in [-0.4, -0.2) is 40.8 Å². The molecule has 0 saturated heterocycles. The third-order valence-corrected chi connectivity index (χ3v) is 9.11. The Bertz CT molecular complexity index is 618. The van der Waals surface area contributed by atoms with Crippen molar-refractivity contribution < 1.29 is 24.5 Å². The van der Waals surface area contributed by atoms with Crippen LogP contribution in [0.15, 0.2) is 0 Å². The molecule has 154 valence electrons. The summed E-state index contributed by atoms with van der Waals surface area (Å²) < 4.78 is 5.82. The minimum atomic E-state index is -0.660. The van der Waals surface area contributed by atoms with E-state index in [0.717, 1.165) is 25.7 Å². The molecule has 27 heavy (non-hydrogen) atoms. The van der Waals surface area contributed by atoms with Crippen LogP contribution in [0, 0.1) is 34.0 Å². The maximum Gasteiger partial charge on any atom is 0.332 e. The predicted molar refractivity (Wildman–Crippen MR) is 102 cm³/mol. The van der Waals surface area contributed by atoms with Gasteiger partial charge in [0, 0.05) is 17.8 Å². The lowest BCUT2D eigenvalue weighted by Gasteiger charge is -2.62. The fraction of sp³-hybridized carbons (Fsp3) is 0.909. The number of hydrogen-bond donors (Lipinski definition) is 2. The van der Waals surface area contributed by atoms with Gasteiger partial charge in [-0.05, 0) is 54.8 Å². The number of Topliss-reactive ketones (excluding diaryl/α,β-unsaturated/α-hetero) is 1. The first-order chi connectivity index (χ1) is 12.6. The first kappa shape index (κ1) is 20.8. The molecule has 3 aliphatic rings. The zero-order chi connectivity index (χ0) is 20.2. The summed E-state index contributed by atoms with van der Waals surface area (Å²) in [6.07, 6.45) is 3.53. The maximum atomic E-state index is 13.1. The summed E-state index contributed by atoms with van der Waals surface area (Å²) >= 11 is 0. The zero-order valence-electron chi connectivity index (χ0n) is 17.5. The van der Waals surface area contributed by atoms with E-state index in [2.05, 4.69) is 34.6 Å². The number of aliphatic hydroxyl groups is 2. The number of carbonyl (C=O) groups excluding carboxylic acids is 2. The topological polar surface area (TPSA) is 83.8 Å². The molecule has 0 aromatic heterocycles. The first-order valence-corrected chi connectivity index (χ1v) is 10.6. The number of ether oxygens (including phenoxy) is 1. The van der Waals surface area contributed by atoms with Gasteiger partial charge in [0.15, 0.2) is 0 Å². The molecule has 0 amide bonds. The molecule has 2 N–H and O–H groups in total. The Morgan fingerprint density at radius 2 is 1.93 bits per heavy atom. The summed E-state index contributed by atoms with van der Waals surface area (Å²) in [4.78, 5) is 25.2. The van der Waals surface area contributed by atoms with E-state index in [0.29, 0.717) is 12.8 Å². The zero-order valence-corrected chi connectivity index (χ0v) is 17.5. The quantitative estimate of drug-likeness (QED) is 0.735. The van der Waals surface area contributed by atoms with Crippen LogP contribution < -0.4 is 0 Å². The average molecular weight is 381 g/mol. The van der Waals surface area contributed by atoms with Crippen LogP contribution in [0.5, 0.6) is 0 Å². The molecule has 3 saturated carbocycles. The summed E-state index contributed by atoms with van der Waals surface area (Å²) in [6, 6.07) is 0. The van der Waals surface area contributed by atoms with Gasteiger partial charge >= 0.3 is 5.97 Å². The van der Waals surface area contributed by atoms with E-state index in [-0.39, 0.29) is 29.0 Å². The Morgan fingerprint density at radius 1 is 1.26 bits per heavy atom. The molecular weight excluding hydrogens is 344 g/mol. The van der Waals surface area contributed by atoms with Crippen LogP contribution in [0.25, 0.3) is 0 Å². The van der Waals surface area contributed by atoms with Gasteiger partial charge in [-0.15, -0.1) is 0 Å². The molecule has 0 aromatic rings. The van der Waals surface area contributed by atoms with Gasteiger partial charge in [-0.1, -0.05) is 34.6 Å². The lowest BCUT2D eigenvalue weighted by Crippen LogP contribution is -2.63. The molecule has 3 rings (SSSR count). The van der Waals surface area contributed by atoms with Gasteiger partial charge in [0.2, 0.25) is 0 Å². The van der Waals surface area contributed by atoms with Gasteiger partial charge in [0.05, 0.1) is 6.10 Å². The van der Waals surface area contributed by atoms with Crippen LogP contribution >= 0.6 is 0 Å². The molecule has 5 nitrogen and oxygen atoms in total. The number of ketones is 1. The SMILES string of the molecule is CC[C@@]1(C)C[C@H](OC(=O)CO)[C@]2(C)[C@H](C)CC[C@]3(CCC(=O)[C@H]32)[C@@H](C)[C@@H]1O. The molecule has 0 unspecified atom stereocenters. The summed E-state index contributed by atoms with van der Waals surface area (Å²) in [7, 11) is 0. The molecule has 0 aromatic carbocycles. The minimum absolute atomic E-state index is 0.0280.